The average molecular weight is 663 g/mol. The second-order valence-electron chi connectivity index (χ2n) is 10.3. The standard InChI is InChI=1S/C34H30BrClFN3O3/c1-5-42-31-14-21(4)28(17-27(31)20(2)3)33-39-30-9-7-6-8-26(30)34(41)40(33)38-18-23-15-24(36)16-29(35)32(23)43-19-22-10-12-25(37)13-11-22/h6-18,20H,5,19H2,1-4H3. The third-order valence-electron chi connectivity index (χ3n) is 6.92. The van der Waals surface area contributed by atoms with Crippen molar-refractivity contribution >= 4 is 44.6 Å². The summed E-state index contributed by atoms with van der Waals surface area (Å²) in [6.07, 6.45) is 1.53. The number of nitrogens with zero attached hydrogens (tertiary/aromatic N) is 3. The van der Waals surface area contributed by atoms with Gasteiger partial charge < -0.3 is 9.47 Å². The number of hydrogen-bond donors (Lipinski definition) is 0. The maximum absolute atomic E-state index is 13.9. The van der Waals surface area contributed by atoms with Crippen LogP contribution >= 0.6 is 27.5 Å². The lowest BCUT2D eigenvalue weighted by Gasteiger charge is -2.18. The molecule has 0 bridgehead atoms. The van der Waals surface area contributed by atoms with E-state index < -0.39 is 0 Å². The minimum absolute atomic E-state index is 0.176. The van der Waals surface area contributed by atoms with E-state index in [1.807, 2.05) is 38.1 Å². The molecule has 0 fully saturated rings. The van der Waals surface area contributed by atoms with Crippen LogP contribution in [0.5, 0.6) is 11.5 Å². The molecule has 43 heavy (non-hydrogen) atoms. The highest BCUT2D eigenvalue weighted by atomic mass is 79.9. The van der Waals surface area contributed by atoms with Crippen LogP contribution in [-0.4, -0.2) is 22.5 Å². The van der Waals surface area contributed by atoms with E-state index in [0.717, 1.165) is 28.0 Å². The molecule has 6 nitrogen and oxygen atoms in total. The molecule has 0 aliphatic heterocycles. The molecule has 0 aliphatic carbocycles. The van der Waals surface area contributed by atoms with Gasteiger partial charge in [-0.2, -0.15) is 9.78 Å². The van der Waals surface area contributed by atoms with Crippen molar-refractivity contribution in [1.29, 1.82) is 0 Å². The van der Waals surface area contributed by atoms with Crippen molar-refractivity contribution in [2.45, 2.75) is 40.2 Å². The molecule has 5 rings (SSSR count). The molecule has 0 atom stereocenters. The molecule has 0 N–H and O–H groups in total. The van der Waals surface area contributed by atoms with Gasteiger partial charge in [-0.05, 0) is 101 Å². The number of aryl methyl sites for hydroxylation is 1. The average Bonchev–Trinajstić information content (AvgIpc) is 2.97. The highest BCUT2D eigenvalue weighted by Crippen LogP contribution is 2.35. The zero-order valence-electron chi connectivity index (χ0n) is 24.2. The predicted molar refractivity (Wildman–Crippen MR) is 174 cm³/mol. The zero-order valence-corrected chi connectivity index (χ0v) is 26.5. The first kappa shape index (κ1) is 30.4. The second kappa shape index (κ2) is 13.1. The molecular formula is C34H30BrClFN3O3. The van der Waals surface area contributed by atoms with Crippen LogP contribution < -0.4 is 15.0 Å². The van der Waals surface area contributed by atoms with E-state index in [9.17, 15) is 9.18 Å². The van der Waals surface area contributed by atoms with Crippen LogP contribution in [0.25, 0.3) is 22.3 Å². The minimum Gasteiger partial charge on any atom is -0.494 e. The highest BCUT2D eigenvalue weighted by Gasteiger charge is 2.19. The van der Waals surface area contributed by atoms with Crippen molar-refractivity contribution in [3.63, 3.8) is 0 Å². The highest BCUT2D eigenvalue weighted by molar-refractivity contribution is 9.10. The van der Waals surface area contributed by atoms with Crippen molar-refractivity contribution in [2.24, 2.45) is 5.10 Å². The summed E-state index contributed by atoms with van der Waals surface area (Å²) >= 11 is 9.94. The fraction of sp³-hybridized carbons (Fsp3) is 0.206. The maximum atomic E-state index is 13.9. The lowest BCUT2D eigenvalue weighted by atomic mass is 9.96. The molecule has 9 heteroatoms. The van der Waals surface area contributed by atoms with Gasteiger partial charge in [0.05, 0.1) is 28.2 Å². The summed E-state index contributed by atoms with van der Waals surface area (Å²) in [5.74, 6) is 1.54. The Morgan fingerprint density at radius 2 is 1.81 bits per heavy atom. The van der Waals surface area contributed by atoms with Crippen LogP contribution in [0, 0.1) is 12.7 Å². The zero-order chi connectivity index (χ0) is 30.7. The maximum Gasteiger partial charge on any atom is 0.282 e. The Balaban J connectivity index is 1.65. The summed E-state index contributed by atoms with van der Waals surface area (Å²) in [6.45, 7) is 8.85. The van der Waals surface area contributed by atoms with E-state index in [-0.39, 0.29) is 23.9 Å². The number of halogens is 3. The van der Waals surface area contributed by atoms with Crippen LogP contribution in [0.15, 0.2) is 87.2 Å². The Hall–Kier alpha value is -4.01. The normalized spacial score (nSPS) is 11.5. The molecule has 0 aliphatic rings. The number of para-hydroxylation sites is 1. The Bertz CT molecular complexity index is 1890. The molecular weight excluding hydrogens is 633 g/mol. The molecule has 0 radical (unpaired) electrons. The summed E-state index contributed by atoms with van der Waals surface area (Å²) in [6, 6.07) is 20.7. The van der Waals surface area contributed by atoms with E-state index in [0.29, 0.717) is 44.1 Å². The number of rotatable bonds is 9. The van der Waals surface area contributed by atoms with Gasteiger partial charge in [0, 0.05) is 16.1 Å². The van der Waals surface area contributed by atoms with Gasteiger partial charge >= 0.3 is 0 Å². The summed E-state index contributed by atoms with van der Waals surface area (Å²) in [5.41, 5.74) is 4.26. The van der Waals surface area contributed by atoms with Gasteiger partial charge in [0.15, 0.2) is 5.82 Å². The summed E-state index contributed by atoms with van der Waals surface area (Å²) in [4.78, 5) is 18.8. The quantitative estimate of drug-likeness (QED) is 0.148. The lowest BCUT2D eigenvalue weighted by molar-refractivity contribution is 0.303. The van der Waals surface area contributed by atoms with Gasteiger partial charge in [-0.3, -0.25) is 4.79 Å². The molecule has 1 heterocycles. The first-order valence-corrected chi connectivity index (χ1v) is 15.0. The number of benzene rings is 4. The van der Waals surface area contributed by atoms with Crippen molar-refractivity contribution in [1.82, 2.24) is 9.66 Å². The van der Waals surface area contributed by atoms with E-state index in [2.05, 4.69) is 34.9 Å². The van der Waals surface area contributed by atoms with Crippen LogP contribution in [0.1, 0.15) is 48.9 Å². The van der Waals surface area contributed by atoms with Crippen LogP contribution in [0.3, 0.4) is 0 Å². The largest absolute Gasteiger partial charge is 0.494 e. The smallest absolute Gasteiger partial charge is 0.282 e. The fourth-order valence-electron chi connectivity index (χ4n) is 4.76. The predicted octanol–water partition coefficient (Wildman–Crippen LogP) is 8.91. The van der Waals surface area contributed by atoms with Crippen molar-refractivity contribution < 1.29 is 13.9 Å². The van der Waals surface area contributed by atoms with Crippen LogP contribution in [0.4, 0.5) is 4.39 Å². The molecule has 0 unspecified atom stereocenters. The van der Waals surface area contributed by atoms with Gasteiger partial charge in [-0.15, -0.1) is 0 Å². The molecule has 0 saturated heterocycles. The first-order chi connectivity index (χ1) is 20.7. The summed E-state index contributed by atoms with van der Waals surface area (Å²) in [7, 11) is 0. The summed E-state index contributed by atoms with van der Waals surface area (Å²) in [5, 5.41) is 5.56. The lowest BCUT2D eigenvalue weighted by Crippen LogP contribution is -2.21. The van der Waals surface area contributed by atoms with Gasteiger partial charge in [0.25, 0.3) is 5.56 Å². The van der Waals surface area contributed by atoms with Crippen LogP contribution in [0.2, 0.25) is 5.02 Å². The summed E-state index contributed by atoms with van der Waals surface area (Å²) < 4.78 is 27.4. The van der Waals surface area contributed by atoms with Crippen molar-refractivity contribution in [3.8, 4) is 22.9 Å². The molecule has 220 valence electrons. The number of hydrogen-bond acceptors (Lipinski definition) is 5. The Morgan fingerprint density at radius 3 is 2.53 bits per heavy atom. The van der Waals surface area contributed by atoms with Gasteiger partial charge in [0.2, 0.25) is 0 Å². The van der Waals surface area contributed by atoms with Crippen molar-refractivity contribution in [3.05, 3.63) is 121 Å². The van der Waals surface area contributed by atoms with Crippen LogP contribution in [-0.2, 0) is 6.61 Å². The number of aromatic nitrogens is 2. The molecule has 4 aromatic carbocycles. The van der Waals surface area contributed by atoms with E-state index in [1.165, 1.54) is 23.0 Å². The first-order valence-electron chi connectivity index (χ1n) is 13.9. The Morgan fingerprint density at radius 1 is 1.07 bits per heavy atom. The van der Waals surface area contributed by atoms with Gasteiger partial charge in [-0.25, -0.2) is 9.37 Å². The molecule has 0 spiro atoms. The third kappa shape index (κ3) is 6.65. The number of fused-ring (bicyclic) bond motifs is 1. The molecule has 0 amide bonds. The molecule has 0 saturated carbocycles. The molecule has 1 aromatic heterocycles. The van der Waals surface area contributed by atoms with E-state index in [1.54, 1.807) is 36.4 Å². The van der Waals surface area contributed by atoms with Crippen molar-refractivity contribution in [2.75, 3.05) is 6.61 Å². The van der Waals surface area contributed by atoms with Gasteiger partial charge in [0.1, 0.15) is 23.9 Å². The van der Waals surface area contributed by atoms with Gasteiger partial charge in [-0.1, -0.05) is 49.7 Å². The monoisotopic (exact) mass is 661 g/mol. The minimum atomic E-state index is -0.322. The topological polar surface area (TPSA) is 65.7 Å². The third-order valence-corrected chi connectivity index (χ3v) is 7.73. The fourth-order valence-corrected chi connectivity index (χ4v) is 5.71. The SMILES string of the molecule is CCOc1cc(C)c(-c2nc3ccccc3c(=O)n2N=Cc2cc(Cl)cc(Br)c2OCc2ccc(F)cc2)cc1C(C)C. The second-order valence-corrected chi connectivity index (χ2v) is 11.6. The Labute approximate surface area is 262 Å². The Kier molecular flexibility index (Phi) is 9.28. The van der Waals surface area contributed by atoms with E-state index in [4.69, 9.17) is 26.1 Å². The number of ether oxygens (including phenoxy) is 2. The van der Waals surface area contributed by atoms with E-state index >= 15 is 0 Å². The molecule has 5 aromatic rings.